The summed E-state index contributed by atoms with van der Waals surface area (Å²) < 4.78 is 0. The lowest BCUT2D eigenvalue weighted by atomic mass is 9.99. The van der Waals surface area contributed by atoms with Crippen molar-refractivity contribution in [2.75, 3.05) is 17.2 Å². The quantitative estimate of drug-likeness (QED) is 0.494. The fourth-order valence-electron chi connectivity index (χ4n) is 2.74. The van der Waals surface area contributed by atoms with Crippen LogP contribution in [0.1, 0.15) is 24.1 Å². The van der Waals surface area contributed by atoms with Gasteiger partial charge in [0, 0.05) is 6.54 Å². The Morgan fingerprint density at radius 1 is 0.962 bits per heavy atom. The van der Waals surface area contributed by atoms with Gasteiger partial charge in [0.25, 0.3) is 0 Å². The van der Waals surface area contributed by atoms with Gasteiger partial charge < -0.3 is 10.6 Å². The maximum atomic E-state index is 11.6. The molecule has 0 radical (unpaired) electrons. The molecule has 0 aliphatic rings. The summed E-state index contributed by atoms with van der Waals surface area (Å²) in [6, 6.07) is 19.2. The monoisotopic (exact) mass is 349 g/mol. The Bertz CT molecular complexity index is 832. The van der Waals surface area contributed by atoms with Crippen molar-refractivity contribution in [2.24, 2.45) is 0 Å². The van der Waals surface area contributed by atoms with Gasteiger partial charge in [-0.1, -0.05) is 60.7 Å². The summed E-state index contributed by atoms with van der Waals surface area (Å²) in [6.07, 6.45) is 1.32. The molecule has 132 valence electrons. The lowest BCUT2D eigenvalue weighted by molar-refractivity contribution is -0.383. The Morgan fingerprint density at radius 3 is 2.00 bits per heavy atom. The molecule has 3 rings (SSSR count). The van der Waals surface area contributed by atoms with Gasteiger partial charge in [-0.05, 0) is 18.1 Å². The number of nitro groups is 1. The van der Waals surface area contributed by atoms with Crippen LogP contribution in [0.5, 0.6) is 0 Å². The number of hydrogen-bond acceptors (Lipinski definition) is 6. The molecule has 0 bridgehead atoms. The van der Waals surface area contributed by atoms with E-state index in [0.717, 1.165) is 11.1 Å². The van der Waals surface area contributed by atoms with Gasteiger partial charge in [0.2, 0.25) is 11.6 Å². The molecular formula is C19H19N5O2. The Labute approximate surface area is 151 Å². The Morgan fingerprint density at radius 2 is 1.50 bits per heavy atom. The van der Waals surface area contributed by atoms with Crippen molar-refractivity contribution >= 4 is 17.3 Å². The zero-order valence-electron chi connectivity index (χ0n) is 14.3. The summed E-state index contributed by atoms with van der Waals surface area (Å²) in [5.41, 5.74) is 1.81. The van der Waals surface area contributed by atoms with Gasteiger partial charge in [-0.3, -0.25) is 10.1 Å². The summed E-state index contributed by atoms with van der Waals surface area (Å²) in [5, 5.41) is 17.8. The molecule has 0 saturated carbocycles. The molecule has 0 saturated heterocycles. The number of anilines is 2. The van der Waals surface area contributed by atoms with Crippen LogP contribution in [-0.4, -0.2) is 21.4 Å². The normalized spacial score (nSPS) is 10.5. The van der Waals surface area contributed by atoms with E-state index >= 15 is 0 Å². The smallest absolute Gasteiger partial charge is 0.353 e. The Kier molecular flexibility index (Phi) is 5.38. The maximum absolute atomic E-state index is 11.6. The molecule has 7 nitrogen and oxygen atoms in total. The topological polar surface area (TPSA) is 93.0 Å². The third kappa shape index (κ3) is 3.77. The fraction of sp³-hybridized carbons (Fsp3) is 0.158. The SMILES string of the molecule is CCNc1ncnc(NC(c2ccccc2)c2ccccc2)c1[N+](=O)[O-]. The van der Waals surface area contributed by atoms with Crippen molar-refractivity contribution in [3.05, 3.63) is 88.2 Å². The highest BCUT2D eigenvalue weighted by Crippen LogP contribution is 2.33. The number of hydrogen-bond donors (Lipinski definition) is 2. The molecule has 0 aliphatic carbocycles. The first-order chi connectivity index (χ1) is 12.7. The zero-order chi connectivity index (χ0) is 18.4. The first-order valence-electron chi connectivity index (χ1n) is 8.30. The zero-order valence-corrected chi connectivity index (χ0v) is 14.3. The van der Waals surface area contributed by atoms with E-state index in [1.807, 2.05) is 67.6 Å². The van der Waals surface area contributed by atoms with Crippen LogP contribution < -0.4 is 10.6 Å². The van der Waals surface area contributed by atoms with E-state index < -0.39 is 4.92 Å². The average molecular weight is 349 g/mol. The Hall–Kier alpha value is -3.48. The largest absolute Gasteiger partial charge is 0.364 e. The molecule has 26 heavy (non-hydrogen) atoms. The number of nitrogens with one attached hydrogen (secondary N) is 2. The molecule has 2 aromatic carbocycles. The van der Waals surface area contributed by atoms with Gasteiger partial charge in [-0.15, -0.1) is 0 Å². The van der Waals surface area contributed by atoms with Crippen molar-refractivity contribution in [1.82, 2.24) is 9.97 Å². The lowest BCUT2D eigenvalue weighted by Crippen LogP contribution is -2.16. The van der Waals surface area contributed by atoms with E-state index in [0.29, 0.717) is 6.54 Å². The molecule has 0 fully saturated rings. The second kappa shape index (κ2) is 8.06. The van der Waals surface area contributed by atoms with Gasteiger partial charge in [0.15, 0.2) is 0 Å². The summed E-state index contributed by atoms with van der Waals surface area (Å²) >= 11 is 0. The minimum absolute atomic E-state index is 0.161. The molecule has 0 spiro atoms. The van der Waals surface area contributed by atoms with E-state index in [2.05, 4.69) is 20.6 Å². The minimum atomic E-state index is -0.465. The minimum Gasteiger partial charge on any atom is -0.364 e. The summed E-state index contributed by atoms with van der Waals surface area (Å²) in [4.78, 5) is 19.3. The number of benzene rings is 2. The van der Waals surface area contributed by atoms with E-state index in [1.165, 1.54) is 6.33 Å². The Balaban J connectivity index is 2.05. The van der Waals surface area contributed by atoms with Crippen LogP contribution in [0.15, 0.2) is 67.0 Å². The van der Waals surface area contributed by atoms with Gasteiger partial charge >= 0.3 is 5.69 Å². The van der Waals surface area contributed by atoms with Gasteiger partial charge in [0.05, 0.1) is 11.0 Å². The number of aromatic nitrogens is 2. The van der Waals surface area contributed by atoms with Crippen LogP contribution in [0, 0.1) is 10.1 Å². The van der Waals surface area contributed by atoms with Gasteiger partial charge in [-0.2, -0.15) is 0 Å². The lowest BCUT2D eigenvalue weighted by Gasteiger charge is -2.20. The van der Waals surface area contributed by atoms with Crippen molar-refractivity contribution in [3.63, 3.8) is 0 Å². The van der Waals surface area contributed by atoms with E-state index in [4.69, 9.17) is 0 Å². The maximum Gasteiger partial charge on any atom is 0.353 e. The first kappa shape index (κ1) is 17.3. The van der Waals surface area contributed by atoms with Crippen LogP contribution in [0.4, 0.5) is 17.3 Å². The van der Waals surface area contributed by atoms with Crippen molar-refractivity contribution < 1.29 is 4.92 Å². The van der Waals surface area contributed by atoms with Crippen LogP contribution in [0.25, 0.3) is 0 Å². The molecule has 3 aromatic rings. The fourth-order valence-corrected chi connectivity index (χ4v) is 2.74. The highest BCUT2D eigenvalue weighted by atomic mass is 16.6. The van der Waals surface area contributed by atoms with Crippen LogP contribution >= 0.6 is 0 Å². The predicted octanol–water partition coefficient (Wildman–Crippen LogP) is 4.02. The van der Waals surface area contributed by atoms with Crippen LogP contribution in [0.3, 0.4) is 0 Å². The molecule has 1 aromatic heterocycles. The van der Waals surface area contributed by atoms with E-state index in [-0.39, 0.29) is 23.4 Å². The second-order valence-electron chi connectivity index (χ2n) is 5.61. The average Bonchev–Trinajstić information content (AvgIpc) is 2.67. The van der Waals surface area contributed by atoms with Gasteiger partial charge in [0.1, 0.15) is 6.33 Å². The summed E-state index contributed by atoms with van der Waals surface area (Å²) in [6.45, 7) is 2.38. The van der Waals surface area contributed by atoms with Crippen molar-refractivity contribution in [2.45, 2.75) is 13.0 Å². The molecule has 0 amide bonds. The molecule has 2 N–H and O–H groups in total. The highest BCUT2D eigenvalue weighted by Gasteiger charge is 2.25. The molecule has 0 atom stereocenters. The number of rotatable bonds is 7. The van der Waals surface area contributed by atoms with Crippen LogP contribution in [-0.2, 0) is 0 Å². The first-order valence-corrected chi connectivity index (χ1v) is 8.30. The number of nitrogens with zero attached hydrogens (tertiary/aromatic N) is 3. The molecule has 1 heterocycles. The molecule has 0 unspecified atom stereocenters. The second-order valence-corrected chi connectivity index (χ2v) is 5.61. The summed E-state index contributed by atoms with van der Waals surface area (Å²) in [5.74, 6) is 0.383. The summed E-state index contributed by atoms with van der Waals surface area (Å²) in [7, 11) is 0. The molecular weight excluding hydrogens is 330 g/mol. The highest BCUT2D eigenvalue weighted by molar-refractivity contribution is 5.70. The van der Waals surface area contributed by atoms with Gasteiger partial charge in [-0.25, -0.2) is 9.97 Å². The van der Waals surface area contributed by atoms with Crippen molar-refractivity contribution in [1.29, 1.82) is 0 Å². The predicted molar refractivity (Wildman–Crippen MR) is 101 cm³/mol. The standard InChI is InChI=1S/C19H19N5O2/c1-2-20-18-17(24(25)26)19(22-13-21-18)23-16(14-9-5-3-6-10-14)15-11-7-4-8-12-15/h3-13,16H,2H2,1H3,(H2,20,21,22,23). The van der Waals surface area contributed by atoms with E-state index in [1.54, 1.807) is 0 Å². The third-order valence-corrected chi connectivity index (χ3v) is 3.90. The van der Waals surface area contributed by atoms with Crippen molar-refractivity contribution in [3.8, 4) is 0 Å². The molecule has 7 heteroatoms. The van der Waals surface area contributed by atoms with Crippen LogP contribution in [0.2, 0.25) is 0 Å². The third-order valence-electron chi connectivity index (χ3n) is 3.90. The molecule has 0 aliphatic heterocycles. The van der Waals surface area contributed by atoms with E-state index in [9.17, 15) is 10.1 Å².